The van der Waals surface area contributed by atoms with Crippen LogP contribution in [0, 0.1) is 6.92 Å². The van der Waals surface area contributed by atoms with E-state index in [0.717, 1.165) is 22.5 Å². The number of aromatic nitrogens is 1. The van der Waals surface area contributed by atoms with Crippen molar-refractivity contribution in [3.8, 4) is 11.3 Å². The van der Waals surface area contributed by atoms with E-state index in [1.54, 1.807) is 6.92 Å². The Morgan fingerprint density at radius 3 is 2.48 bits per heavy atom. The van der Waals surface area contributed by atoms with Crippen LogP contribution in [0.15, 0.2) is 71.4 Å². The first-order valence-corrected chi connectivity index (χ1v) is 9.24. The highest BCUT2D eigenvalue weighted by Crippen LogP contribution is 2.25. The van der Waals surface area contributed by atoms with Gasteiger partial charge in [0.1, 0.15) is 5.70 Å². The quantitative estimate of drug-likeness (QED) is 0.357. The summed E-state index contributed by atoms with van der Waals surface area (Å²) in [4.78, 5) is 17.0. The van der Waals surface area contributed by atoms with Crippen LogP contribution in [0.1, 0.15) is 12.5 Å². The average molecular weight is 379 g/mol. The Morgan fingerprint density at radius 2 is 1.78 bits per heavy atom. The third-order valence-electron chi connectivity index (χ3n) is 4.16. The van der Waals surface area contributed by atoms with Gasteiger partial charge in [-0.15, -0.1) is 11.3 Å². The molecule has 0 spiro atoms. The highest BCUT2D eigenvalue weighted by Gasteiger charge is 2.16. The lowest BCUT2D eigenvalue weighted by atomic mass is 10.2. The molecule has 0 saturated carbocycles. The smallest absolute Gasteiger partial charge is 0.275 e. The Morgan fingerprint density at radius 1 is 1.11 bits per heavy atom. The summed E-state index contributed by atoms with van der Waals surface area (Å²) in [6, 6.07) is 17.4. The molecule has 0 fully saturated rings. The summed E-state index contributed by atoms with van der Waals surface area (Å²) in [5.74, 6) is 5.71. The van der Waals surface area contributed by atoms with E-state index in [1.807, 2.05) is 66.9 Å². The molecule has 7 heteroatoms. The van der Waals surface area contributed by atoms with Crippen LogP contribution in [0.25, 0.3) is 11.3 Å². The second-order valence-corrected chi connectivity index (χ2v) is 6.87. The van der Waals surface area contributed by atoms with Crippen molar-refractivity contribution in [3.63, 3.8) is 0 Å². The number of anilines is 2. The van der Waals surface area contributed by atoms with Gasteiger partial charge in [0.15, 0.2) is 5.13 Å². The van der Waals surface area contributed by atoms with Gasteiger partial charge in [0.25, 0.3) is 5.91 Å². The Labute approximate surface area is 162 Å². The van der Waals surface area contributed by atoms with Gasteiger partial charge in [-0.3, -0.25) is 15.1 Å². The molecular formula is C20H21N5OS. The molecule has 0 aliphatic rings. The zero-order chi connectivity index (χ0) is 19.4. The van der Waals surface area contributed by atoms with E-state index < -0.39 is 5.91 Å². The molecule has 0 radical (unpaired) electrons. The minimum atomic E-state index is -0.439. The van der Waals surface area contributed by atoms with Crippen molar-refractivity contribution in [2.24, 2.45) is 11.6 Å². The number of hydrazine groups is 1. The van der Waals surface area contributed by atoms with Crippen molar-refractivity contribution < 1.29 is 4.79 Å². The number of nitrogens with two attached hydrogens (primary N) is 2. The fraction of sp³-hybridized carbons (Fsp3) is 0.100. The Kier molecular flexibility index (Phi) is 5.54. The number of nitrogens with one attached hydrogen (secondary N) is 1. The highest BCUT2D eigenvalue weighted by atomic mass is 32.1. The molecule has 0 unspecified atom stereocenters. The van der Waals surface area contributed by atoms with Crippen LogP contribution >= 0.6 is 11.3 Å². The van der Waals surface area contributed by atoms with Crippen molar-refractivity contribution in [1.29, 1.82) is 0 Å². The zero-order valence-corrected chi connectivity index (χ0v) is 16.0. The SMILES string of the molecule is C/C(=C(/N)C(=O)Nc1nc(-c2ccccc2)cs1)N(N)c1ccccc1C. The summed E-state index contributed by atoms with van der Waals surface area (Å²) in [6.45, 7) is 3.65. The zero-order valence-electron chi connectivity index (χ0n) is 15.1. The molecule has 2 aromatic carbocycles. The van der Waals surface area contributed by atoms with Crippen LogP contribution in [0.4, 0.5) is 10.8 Å². The molecule has 3 aromatic rings. The molecule has 1 amide bonds. The van der Waals surface area contributed by atoms with E-state index in [-0.39, 0.29) is 5.70 Å². The van der Waals surface area contributed by atoms with Gasteiger partial charge in [-0.05, 0) is 25.5 Å². The molecule has 0 saturated heterocycles. The largest absolute Gasteiger partial charge is 0.393 e. The number of para-hydroxylation sites is 1. The molecule has 1 aromatic heterocycles. The lowest BCUT2D eigenvalue weighted by Gasteiger charge is -2.22. The maximum absolute atomic E-state index is 12.5. The average Bonchev–Trinajstić information content (AvgIpc) is 3.15. The lowest BCUT2D eigenvalue weighted by Crippen LogP contribution is -2.34. The van der Waals surface area contributed by atoms with Gasteiger partial charge in [0.2, 0.25) is 0 Å². The number of rotatable bonds is 5. The fourth-order valence-electron chi connectivity index (χ4n) is 2.55. The Hall–Kier alpha value is -3.16. The summed E-state index contributed by atoms with van der Waals surface area (Å²) in [6.07, 6.45) is 0. The minimum Gasteiger partial charge on any atom is -0.393 e. The third kappa shape index (κ3) is 4.16. The van der Waals surface area contributed by atoms with Crippen LogP contribution in [0.3, 0.4) is 0 Å². The van der Waals surface area contributed by atoms with Crippen molar-refractivity contribution >= 4 is 28.1 Å². The lowest BCUT2D eigenvalue weighted by molar-refractivity contribution is -0.113. The third-order valence-corrected chi connectivity index (χ3v) is 4.92. The Bertz CT molecular complexity index is 981. The first-order chi connectivity index (χ1) is 13.0. The normalized spacial score (nSPS) is 11.7. The van der Waals surface area contributed by atoms with Crippen molar-refractivity contribution in [1.82, 2.24) is 4.98 Å². The maximum atomic E-state index is 12.5. The van der Waals surface area contributed by atoms with E-state index in [0.29, 0.717) is 10.8 Å². The van der Waals surface area contributed by atoms with E-state index in [2.05, 4.69) is 10.3 Å². The molecular weight excluding hydrogens is 358 g/mol. The maximum Gasteiger partial charge on any atom is 0.275 e. The first-order valence-electron chi connectivity index (χ1n) is 8.36. The number of carbonyl (C=O) groups excluding carboxylic acids is 1. The van der Waals surface area contributed by atoms with Crippen LogP contribution in [-0.4, -0.2) is 10.9 Å². The predicted molar refractivity (Wildman–Crippen MR) is 111 cm³/mol. The molecule has 0 atom stereocenters. The number of hydrogen-bond acceptors (Lipinski definition) is 6. The van der Waals surface area contributed by atoms with Gasteiger partial charge in [-0.2, -0.15) is 0 Å². The number of benzene rings is 2. The first kappa shape index (κ1) is 18.6. The van der Waals surface area contributed by atoms with Crippen molar-refractivity contribution in [2.45, 2.75) is 13.8 Å². The van der Waals surface area contributed by atoms with Crippen molar-refractivity contribution in [2.75, 3.05) is 10.3 Å². The van der Waals surface area contributed by atoms with Crippen LogP contribution in [0.2, 0.25) is 0 Å². The van der Waals surface area contributed by atoms with Gasteiger partial charge < -0.3 is 5.73 Å². The summed E-state index contributed by atoms with van der Waals surface area (Å²) < 4.78 is 0. The van der Waals surface area contributed by atoms with E-state index in [1.165, 1.54) is 16.3 Å². The van der Waals surface area contributed by atoms with Crippen molar-refractivity contribution in [3.05, 3.63) is 76.9 Å². The number of carbonyl (C=O) groups is 1. The summed E-state index contributed by atoms with van der Waals surface area (Å²) in [7, 11) is 0. The van der Waals surface area contributed by atoms with Gasteiger partial charge >= 0.3 is 0 Å². The number of amides is 1. The molecule has 0 aliphatic heterocycles. The summed E-state index contributed by atoms with van der Waals surface area (Å²) >= 11 is 1.34. The molecule has 0 bridgehead atoms. The number of aryl methyl sites for hydroxylation is 1. The standard InChI is InChI=1S/C20H21N5OS/c1-13-8-6-7-11-17(13)25(22)14(2)18(21)19(26)24-20-23-16(12-27-20)15-9-4-3-5-10-15/h3-12H,21-22H2,1-2H3,(H,23,24,26)/b18-14-. The van der Waals surface area contributed by atoms with Gasteiger partial charge in [-0.25, -0.2) is 10.8 Å². The molecule has 138 valence electrons. The summed E-state index contributed by atoms with van der Waals surface area (Å²) in [5.41, 5.74) is 10.1. The molecule has 1 heterocycles. The number of nitrogens with zero attached hydrogens (tertiary/aromatic N) is 2. The molecule has 27 heavy (non-hydrogen) atoms. The van der Waals surface area contributed by atoms with E-state index in [9.17, 15) is 4.79 Å². The molecule has 6 nitrogen and oxygen atoms in total. The Balaban J connectivity index is 1.76. The predicted octanol–water partition coefficient (Wildman–Crippen LogP) is 3.63. The van der Waals surface area contributed by atoms with E-state index in [4.69, 9.17) is 11.6 Å². The summed E-state index contributed by atoms with van der Waals surface area (Å²) in [5, 5.41) is 6.53. The van der Waals surface area contributed by atoms with Gasteiger partial charge in [0, 0.05) is 10.9 Å². The topological polar surface area (TPSA) is 97.3 Å². The molecule has 3 rings (SSSR count). The number of allylic oxidation sites excluding steroid dienone is 1. The second kappa shape index (κ2) is 8.03. The molecule has 0 aliphatic carbocycles. The number of thiazole rings is 1. The highest BCUT2D eigenvalue weighted by molar-refractivity contribution is 7.14. The second-order valence-electron chi connectivity index (χ2n) is 6.01. The monoisotopic (exact) mass is 379 g/mol. The number of hydrogen-bond donors (Lipinski definition) is 3. The van der Waals surface area contributed by atoms with Gasteiger partial charge in [-0.1, -0.05) is 48.5 Å². The van der Waals surface area contributed by atoms with E-state index >= 15 is 0 Å². The van der Waals surface area contributed by atoms with Crippen LogP contribution in [0.5, 0.6) is 0 Å². The minimum absolute atomic E-state index is 0.0391. The fourth-order valence-corrected chi connectivity index (χ4v) is 3.26. The van der Waals surface area contributed by atoms with Crippen LogP contribution in [-0.2, 0) is 4.79 Å². The van der Waals surface area contributed by atoms with Gasteiger partial charge in [0.05, 0.1) is 17.1 Å². The van der Waals surface area contributed by atoms with Crippen LogP contribution < -0.4 is 21.9 Å². The molecule has 5 N–H and O–H groups in total.